The minimum Gasteiger partial charge on any atom is -0.482 e. The Morgan fingerprint density at radius 3 is 2.59 bits per heavy atom. The molecule has 0 saturated carbocycles. The van der Waals surface area contributed by atoms with Gasteiger partial charge >= 0.3 is 0 Å². The van der Waals surface area contributed by atoms with E-state index in [1.807, 2.05) is 31.2 Å². The summed E-state index contributed by atoms with van der Waals surface area (Å²) in [5.41, 5.74) is 13.8. The summed E-state index contributed by atoms with van der Waals surface area (Å²) >= 11 is 12.7. The zero-order valence-corrected chi connectivity index (χ0v) is 20.8. The van der Waals surface area contributed by atoms with Crippen LogP contribution in [0, 0.1) is 5.41 Å². The minimum absolute atomic E-state index is 0.274. The van der Waals surface area contributed by atoms with Crippen molar-refractivity contribution >= 4 is 40.5 Å². The highest BCUT2D eigenvalue weighted by Gasteiger charge is 2.35. The number of nitrogen functional groups attached to an aromatic ring is 1. The van der Waals surface area contributed by atoms with Crippen LogP contribution in [0.3, 0.4) is 0 Å². The van der Waals surface area contributed by atoms with E-state index in [2.05, 4.69) is 9.88 Å². The SMILES string of the molecule is CC(Oc1cc(C2=CCC(CCN3CCCC3)(C(N)=O)C=C2)cnc1N)c1c(Cl)cccc1Cl. The molecule has 4 rings (SSSR count). The van der Waals surface area contributed by atoms with Crippen LogP contribution < -0.4 is 16.2 Å². The number of amides is 1. The summed E-state index contributed by atoms with van der Waals surface area (Å²) in [4.78, 5) is 19.1. The van der Waals surface area contributed by atoms with E-state index >= 15 is 0 Å². The number of pyridine rings is 1. The van der Waals surface area contributed by atoms with Crippen LogP contribution in [0.25, 0.3) is 5.57 Å². The maximum Gasteiger partial charge on any atom is 0.227 e. The number of ether oxygens (including phenoxy) is 1. The normalized spacial score (nSPS) is 21.3. The largest absolute Gasteiger partial charge is 0.482 e. The highest BCUT2D eigenvalue weighted by Crippen LogP contribution is 2.39. The Balaban J connectivity index is 1.51. The van der Waals surface area contributed by atoms with E-state index < -0.39 is 11.5 Å². The molecule has 2 unspecified atom stereocenters. The summed E-state index contributed by atoms with van der Waals surface area (Å²) < 4.78 is 6.11. The van der Waals surface area contributed by atoms with E-state index in [0.717, 1.165) is 30.8 Å². The number of nitrogens with two attached hydrogens (primary N) is 2. The number of nitrogens with zero attached hydrogens (tertiary/aromatic N) is 2. The van der Waals surface area contributed by atoms with Gasteiger partial charge < -0.3 is 21.1 Å². The summed E-state index contributed by atoms with van der Waals surface area (Å²) in [5, 5.41) is 1.05. The molecule has 2 atom stereocenters. The zero-order chi connectivity index (χ0) is 24.3. The predicted molar refractivity (Wildman–Crippen MR) is 138 cm³/mol. The van der Waals surface area contributed by atoms with Gasteiger partial charge in [0.15, 0.2) is 11.6 Å². The van der Waals surface area contributed by atoms with Crippen molar-refractivity contribution in [3.63, 3.8) is 0 Å². The Morgan fingerprint density at radius 2 is 1.97 bits per heavy atom. The van der Waals surface area contributed by atoms with E-state index in [1.165, 1.54) is 12.8 Å². The van der Waals surface area contributed by atoms with Gasteiger partial charge in [-0.1, -0.05) is 47.5 Å². The number of anilines is 1. The number of aromatic nitrogens is 1. The Hall–Kier alpha value is -2.54. The third kappa shape index (κ3) is 5.24. The van der Waals surface area contributed by atoms with Gasteiger partial charge in [-0.25, -0.2) is 4.98 Å². The minimum atomic E-state index is -0.665. The van der Waals surface area contributed by atoms with Crippen LogP contribution in [0.15, 0.2) is 48.7 Å². The Kier molecular flexibility index (Phi) is 7.51. The number of hydrogen-bond donors (Lipinski definition) is 2. The molecule has 180 valence electrons. The number of rotatable bonds is 8. The van der Waals surface area contributed by atoms with Crippen LogP contribution in [-0.4, -0.2) is 35.4 Å². The van der Waals surface area contributed by atoms with Gasteiger partial charge in [0.1, 0.15) is 6.10 Å². The van der Waals surface area contributed by atoms with Crippen molar-refractivity contribution in [2.24, 2.45) is 11.1 Å². The molecule has 2 aliphatic rings. The van der Waals surface area contributed by atoms with Crippen LogP contribution in [0.1, 0.15) is 49.8 Å². The Bertz CT molecular complexity index is 1110. The van der Waals surface area contributed by atoms with Crippen molar-refractivity contribution < 1.29 is 9.53 Å². The maximum atomic E-state index is 12.4. The lowest BCUT2D eigenvalue weighted by atomic mass is 9.76. The zero-order valence-electron chi connectivity index (χ0n) is 19.3. The smallest absolute Gasteiger partial charge is 0.227 e. The molecule has 6 nitrogen and oxygen atoms in total. The number of carbonyl (C=O) groups excluding carboxylic acids is 1. The van der Waals surface area contributed by atoms with Gasteiger partial charge in [-0.2, -0.15) is 0 Å². The molecule has 1 aromatic carbocycles. The average Bonchev–Trinajstić information content (AvgIpc) is 3.33. The van der Waals surface area contributed by atoms with Crippen LogP contribution in [0.2, 0.25) is 10.0 Å². The summed E-state index contributed by atoms with van der Waals surface area (Å²) in [6.07, 6.45) is 10.9. The molecule has 0 radical (unpaired) electrons. The van der Waals surface area contributed by atoms with Gasteiger partial charge in [0.25, 0.3) is 0 Å². The monoisotopic (exact) mass is 500 g/mol. The summed E-state index contributed by atoms with van der Waals surface area (Å²) in [7, 11) is 0. The van der Waals surface area contributed by atoms with Crippen molar-refractivity contribution in [1.82, 2.24) is 9.88 Å². The molecule has 4 N–H and O–H groups in total. The summed E-state index contributed by atoms with van der Waals surface area (Å²) in [5.74, 6) is 0.426. The first-order valence-corrected chi connectivity index (χ1v) is 12.3. The van der Waals surface area contributed by atoms with E-state index in [1.54, 1.807) is 24.4 Å². The van der Waals surface area contributed by atoms with E-state index in [4.69, 9.17) is 39.4 Å². The van der Waals surface area contributed by atoms with Gasteiger partial charge in [-0.3, -0.25) is 4.79 Å². The van der Waals surface area contributed by atoms with E-state index in [0.29, 0.717) is 34.2 Å². The summed E-state index contributed by atoms with van der Waals surface area (Å²) in [6.45, 7) is 4.93. The molecule has 1 aromatic heterocycles. The number of likely N-dealkylation sites (tertiary alicyclic amines) is 1. The fourth-order valence-electron chi connectivity index (χ4n) is 4.60. The molecule has 1 saturated heterocycles. The molecule has 1 fully saturated rings. The second-order valence-corrected chi connectivity index (χ2v) is 9.83. The molecule has 34 heavy (non-hydrogen) atoms. The lowest BCUT2D eigenvalue weighted by molar-refractivity contribution is -0.125. The molecular weight excluding hydrogens is 471 g/mol. The first kappa shape index (κ1) is 24.6. The van der Waals surface area contributed by atoms with Gasteiger partial charge in [0, 0.05) is 27.4 Å². The van der Waals surface area contributed by atoms with Gasteiger partial charge in [0.2, 0.25) is 5.91 Å². The summed E-state index contributed by atoms with van der Waals surface area (Å²) in [6, 6.07) is 7.18. The number of halogens is 2. The van der Waals surface area contributed by atoms with Crippen LogP contribution >= 0.6 is 23.2 Å². The fraction of sp³-hybridized carbons (Fsp3) is 0.385. The number of carbonyl (C=O) groups is 1. The van der Waals surface area contributed by atoms with Crippen molar-refractivity contribution in [2.75, 3.05) is 25.4 Å². The molecule has 2 heterocycles. The second-order valence-electron chi connectivity index (χ2n) is 9.02. The second kappa shape index (κ2) is 10.4. The van der Waals surface area contributed by atoms with Crippen molar-refractivity contribution in [3.05, 3.63) is 69.9 Å². The Morgan fingerprint density at radius 1 is 1.26 bits per heavy atom. The third-order valence-electron chi connectivity index (χ3n) is 6.76. The lowest BCUT2D eigenvalue weighted by Crippen LogP contribution is -2.39. The molecular formula is C26H30Cl2N4O2. The maximum absolute atomic E-state index is 12.4. The topological polar surface area (TPSA) is 94.5 Å². The highest BCUT2D eigenvalue weighted by molar-refractivity contribution is 6.36. The Labute approximate surface area is 210 Å². The van der Waals surface area contributed by atoms with Gasteiger partial charge in [-0.05, 0) is 76.0 Å². The van der Waals surface area contributed by atoms with Crippen LogP contribution in [0.5, 0.6) is 5.75 Å². The van der Waals surface area contributed by atoms with Gasteiger partial charge in [-0.15, -0.1) is 0 Å². The van der Waals surface area contributed by atoms with E-state index in [-0.39, 0.29) is 11.7 Å². The average molecular weight is 501 g/mol. The number of primary amides is 1. The van der Waals surface area contributed by atoms with Crippen molar-refractivity contribution in [1.29, 1.82) is 0 Å². The molecule has 0 bridgehead atoms. The predicted octanol–water partition coefficient (Wildman–Crippen LogP) is 5.41. The van der Waals surface area contributed by atoms with Crippen molar-refractivity contribution in [2.45, 2.75) is 38.7 Å². The highest BCUT2D eigenvalue weighted by atomic mass is 35.5. The van der Waals surface area contributed by atoms with Crippen LogP contribution in [-0.2, 0) is 4.79 Å². The number of benzene rings is 1. The number of hydrogen-bond acceptors (Lipinski definition) is 5. The first-order valence-electron chi connectivity index (χ1n) is 11.6. The lowest BCUT2D eigenvalue weighted by Gasteiger charge is -2.31. The van der Waals surface area contributed by atoms with Crippen molar-refractivity contribution in [3.8, 4) is 5.75 Å². The first-order chi connectivity index (χ1) is 16.3. The third-order valence-corrected chi connectivity index (χ3v) is 7.42. The standard InChI is InChI=1S/C26H30Cl2N4O2/c1-17(23-20(27)5-4-6-21(23)28)34-22-15-19(16-31-24(22)29)18-7-9-26(10-8-18,25(30)33)11-14-32-12-2-3-13-32/h4-9,15-17H,2-3,10-14H2,1H3,(H2,29,31)(H2,30,33). The fourth-order valence-corrected chi connectivity index (χ4v) is 5.31. The van der Waals surface area contributed by atoms with E-state index in [9.17, 15) is 4.79 Å². The quantitative estimate of drug-likeness (QED) is 0.504. The molecule has 2 aromatic rings. The molecule has 1 aliphatic carbocycles. The van der Waals surface area contributed by atoms with Gasteiger partial charge in [0.05, 0.1) is 5.41 Å². The molecule has 1 aliphatic heterocycles. The molecule has 0 spiro atoms. The molecule has 8 heteroatoms. The number of allylic oxidation sites excluding steroid dienone is 3. The molecule has 1 amide bonds. The van der Waals surface area contributed by atoms with Crippen LogP contribution in [0.4, 0.5) is 5.82 Å².